The molecule has 1 heterocycles. The molecule has 0 unspecified atom stereocenters. The van der Waals surface area contributed by atoms with Crippen LogP contribution in [-0.2, 0) is 9.59 Å². The Labute approximate surface area is 158 Å². The minimum absolute atomic E-state index is 0.00906. The third-order valence-corrected chi connectivity index (χ3v) is 4.03. The molecule has 2 aromatic carbocycles. The first-order chi connectivity index (χ1) is 12.7. The molecule has 0 saturated heterocycles. The molecule has 6 heteroatoms. The van der Waals surface area contributed by atoms with Crippen molar-refractivity contribution >= 4 is 33.8 Å². The lowest BCUT2D eigenvalue weighted by atomic mass is 10.1. The van der Waals surface area contributed by atoms with Crippen LogP contribution in [0.2, 0.25) is 0 Å². The van der Waals surface area contributed by atoms with Crippen molar-refractivity contribution in [2.75, 3.05) is 20.2 Å². The second-order valence-corrected chi connectivity index (χ2v) is 7.59. The lowest BCUT2D eigenvalue weighted by Gasteiger charge is -2.23. The predicted molar refractivity (Wildman–Crippen MR) is 105 cm³/mol. The van der Waals surface area contributed by atoms with E-state index < -0.39 is 0 Å². The van der Waals surface area contributed by atoms with E-state index in [9.17, 15) is 9.59 Å². The number of nitrogens with one attached hydrogen (secondary N) is 1. The van der Waals surface area contributed by atoms with Crippen LogP contribution in [0.15, 0.2) is 46.9 Å². The van der Waals surface area contributed by atoms with Crippen molar-refractivity contribution in [1.82, 2.24) is 10.2 Å². The highest BCUT2D eigenvalue weighted by molar-refractivity contribution is 6.05. The smallest absolute Gasteiger partial charge is 0.260 e. The number of hydrogen-bond donors (Lipinski definition) is 1. The molecular weight excluding hydrogens is 344 g/mol. The average molecular weight is 368 g/mol. The van der Waals surface area contributed by atoms with Crippen molar-refractivity contribution in [3.05, 3.63) is 42.5 Å². The van der Waals surface area contributed by atoms with Gasteiger partial charge in [0.1, 0.15) is 16.9 Å². The van der Waals surface area contributed by atoms with E-state index in [1.54, 1.807) is 13.1 Å². The summed E-state index contributed by atoms with van der Waals surface area (Å²) < 4.78 is 11.4. The van der Waals surface area contributed by atoms with E-state index in [-0.39, 0.29) is 30.5 Å². The number of furan rings is 1. The molecule has 6 nitrogen and oxygen atoms in total. The standard InChI is InChI=1S/C21H24N2O4/c1-21(2,3)22-19(24)12-23(4)20(25)13-26-14-9-10-18-16(11-14)15-7-5-6-8-17(15)27-18/h5-11H,12-13H2,1-4H3,(H,22,24). The highest BCUT2D eigenvalue weighted by atomic mass is 16.5. The van der Waals surface area contributed by atoms with Crippen LogP contribution in [0.4, 0.5) is 0 Å². The summed E-state index contributed by atoms with van der Waals surface area (Å²) in [6, 6.07) is 13.2. The average Bonchev–Trinajstić information content (AvgIpc) is 2.95. The van der Waals surface area contributed by atoms with Gasteiger partial charge in [0, 0.05) is 23.4 Å². The van der Waals surface area contributed by atoms with Crippen molar-refractivity contribution < 1.29 is 18.7 Å². The number of carbonyl (C=O) groups is 2. The van der Waals surface area contributed by atoms with Gasteiger partial charge >= 0.3 is 0 Å². The fraction of sp³-hybridized carbons (Fsp3) is 0.333. The number of ether oxygens (including phenoxy) is 1. The molecule has 142 valence electrons. The summed E-state index contributed by atoms with van der Waals surface area (Å²) in [6.07, 6.45) is 0. The quantitative estimate of drug-likeness (QED) is 0.750. The van der Waals surface area contributed by atoms with Crippen LogP contribution in [0.3, 0.4) is 0 Å². The molecule has 0 radical (unpaired) electrons. The molecule has 3 rings (SSSR count). The normalized spacial score (nSPS) is 11.6. The minimum Gasteiger partial charge on any atom is -0.484 e. The van der Waals surface area contributed by atoms with E-state index in [0.29, 0.717) is 5.75 Å². The summed E-state index contributed by atoms with van der Waals surface area (Å²) in [5.74, 6) is 0.107. The number of likely N-dealkylation sites (N-methyl/N-ethyl adjacent to an activating group) is 1. The lowest BCUT2D eigenvalue weighted by molar-refractivity contribution is -0.136. The van der Waals surface area contributed by atoms with Crippen LogP contribution in [0.25, 0.3) is 21.9 Å². The maximum atomic E-state index is 12.2. The van der Waals surface area contributed by atoms with Crippen LogP contribution in [-0.4, -0.2) is 42.5 Å². The number of rotatable bonds is 5. The number of amides is 2. The van der Waals surface area contributed by atoms with Crippen molar-refractivity contribution in [3.8, 4) is 5.75 Å². The number of hydrogen-bond acceptors (Lipinski definition) is 4. The SMILES string of the molecule is CN(CC(=O)NC(C)(C)C)C(=O)COc1ccc2oc3ccccc3c2c1. The zero-order chi connectivity index (χ0) is 19.6. The highest BCUT2D eigenvalue weighted by Gasteiger charge is 2.18. The molecule has 0 aliphatic rings. The van der Waals surface area contributed by atoms with Gasteiger partial charge in [0.15, 0.2) is 6.61 Å². The molecule has 27 heavy (non-hydrogen) atoms. The van der Waals surface area contributed by atoms with Gasteiger partial charge in [-0.05, 0) is 45.0 Å². The first kappa shape index (κ1) is 18.8. The van der Waals surface area contributed by atoms with Crippen molar-refractivity contribution in [2.45, 2.75) is 26.3 Å². The fourth-order valence-corrected chi connectivity index (χ4v) is 2.81. The van der Waals surface area contributed by atoms with E-state index in [1.807, 2.05) is 57.2 Å². The number of fused-ring (bicyclic) bond motifs is 3. The Morgan fingerprint density at radius 3 is 2.52 bits per heavy atom. The van der Waals surface area contributed by atoms with Gasteiger partial charge in [0.05, 0.1) is 6.54 Å². The van der Waals surface area contributed by atoms with E-state index in [4.69, 9.17) is 9.15 Å². The first-order valence-corrected chi connectivity index (χ1v) is 8.82. The van der Waals surface area contributed by atoms with Crippen LogP contribution >= 0.6 is 0 Å². The molecule has 0 bridgehead atoms. The molecule has 0 aliphatic carbocycles. The van der Waals surface area contributed by atoms with Gasteiger partial charge in [-0.3, -0.25) is 9.59 Å². The summed E-state index contributed by atoms with van der Waals surface area (Å²) >= 11 is 0. The Morgan fingerprint density at radius 2 is 1.78 bits per heavy atom. The summed E-state index contributed by atoms with van der Waals surface area (Å²) in [6.45, 7) is 5.54. The summed E-state index contributed by atoms with van der Waals surface area (Å²) in [4.78, 5) is 25.5. The Balaban J connectivity index is 1.63. The maximum absolute atomic E-state index is 12.2. The molecule has 3 aromatic rings. The van der Waals surface area contributed by atoms with Gasteiger partial charge in [-0.1, -0.05) is 18.2 Å². The fourth-order valence-electron chi connectivity index (χ4n) is 2.81. The molecule has 0 atom stereocenters. The van der Waals surface area contributed by atoms with Gasteiger partial charge in [0.25, 0.3) is 5.91 Å². The number of para-hydroxylation sites is 1. The van der Waals surface area contributed by atoms with Crippen LogP contribution in [0.5, 0.6) is 5.75 Å². The Kier molecular flexibility index (Phi) is 5.08. The Bertz CT molecular complexity index is 985. The number of carbonyl (C=O) groups excluding carboxylic acids is 2. The zero-order valence-electron chi connectivity index (χ0n) is 16.0. The molecule has 1 N–H and O–H groups in total. The van der Waals surface area contributed by atoms with E-state index in [2.05, 4.69) is 5.32 Å². The topological polar surface area (TPSA) is 71.8 Å². The molecule has 0 fully saturated rings. The van der Waals surface area contributed by atoms with Gasteiger partial charge in [-0.15, -0.1) is 0 Å². The highest BCUT2D eigenvalue weighted by Crippen LogP contribution is 2.31. The van der Waals surface area contributed by atoms with Crippen LogP contribution in [0.1, 0.15) is 20.8 Å². The summed E-state index contributed by atoms with van der Waals surface area (Å²) in [7, 11) is 1.58. The molecule has 2 amide bonds. The largest absolute Gasteiger partial charge is 0.484 e. The molecule has 1 aromatic heterocycles. The summed E-state index contributed by atoms with van der Waals surface area (Å²) in [5.41, 5.74) is 1.25. The van der Waals surface area contributed by atoms with E-state index >= 15 is 0 Å². The van der Waals surface area contributed by atoms with Crippen molar-refractivity contribution in [3.63, 3.8) is 0 Å². The van der Waals surface area contributed by atoms with E-state index in [0.717, 1.165) is 21.9 Å². The minimum atomic E-state index is -0.333. The molecule has 0 spiro atoms. The Morgan fingerprint density at radius 1 is 1.07 bits per heavy atom. The van der Waals surface area contributed by atoms with Crippen LogP contribution < -0.4 is 10.1 Å². The van der Waals surface area contributed by atoms with Crippen molar-refractivity contribution in [1.29, 1.82) is 0 Å². The second kappa shape index (κ2) is 7.31. The van der Waals surface area contributed by atoms with Gasteiger partial charge < -0.3 is 19.4 Å². The first-order valence-electron chi connectivity index (χ1n) is 8.82. The Hall–Kier alpha value is -3.02. The van der Waals surface area contributed by atoms with Crippen LogP contribution in [0, 0.1) is 0 Å². The second-order valence-electron chi connectivity index (χ2n) is 7.59. The molecule has 0 saturated carbocycles. The number of benzene rings is 2. The van der Waals surface area contributed by atoms with Gasteiger partial charge in [-0.25, -0.2) is 0 Å². The third kappa shape index (κ3) is 4.58. The van der Waals surface area contributed by atoms with E-state index in [1.165, 1.54) is 4.90 Å². The molecular formula is C21H24N2O4. The number of nitrogens with zero attached hydrogens (tertiary/aromatic N) is 1. The third-order valence-electron chi connectivity index (χ3n) is 4.03. The lowest BCUT2D eigenvalue weighted by Crippen LogP contribution is -2.47. The predicted octanol–water partition coefficient (Wildman–Crippen LogP) is 3.34. The monoisotopic (exact) mass is 368 g/mol. The summed E-state index contributed by atoms with van der Waals surface area (Å²) in [5, 5.41) is 4.77. The molecule has 0 aliphatic heterocycles. The maximum Gasteiger partial charge on any atom is 0.260 e. The zero-order valence-corrected chi connectivity index (χ0v) is 16.0. The van der Waals surface area contributed by atoms with Crippen molar-refractivity contribution in [2.24, 2.45) is 0 Å². The van der Waals surface area contributed by atoms with Gasteiger partial charge in [-0.2, -0.15) is 0 Å². The van der Waals surface area contributed by atoms with Gasteiger partial charge in [0.2, 0.25) is 5.91 Å².